The fourth-order valence-corrected chi connectivity index (χ4v) is 3.39. The van der Waals surface area contributed by atoms with Gasteiger partial charge in [-0.15, -0.1) is 6.58 Å². The molecule has 0 aromatic carbocycles. The maximum atomic E-state index is 12.4. The Kier molecular flexibility index (Phi) is 4.34. The van der Waals surface area contributed by atoms with Crippen LogP contribution in [0.4, 0.5) is 5.82 Å². The van der Waals surface area contributed by atoms with E-state index in [-0.39, 0.29) is 17.4 Å². The van der Waals surface area contributed by atoms with Crippen molar-refractivity contribution in [2.24, 2.45) is 5.41 Å². The number of anilines is 1. The van der Waals surface area contributed by atoms with E-state index in [9.17, 15) is 4.79 Å². The third-order valence-electron chi connectivity index (χ3n) is 4.45. The van der Waals surface area contributed by atoms with Gasteiger partial charge < -0.3 is 15.4 Å². The Balaban J connectivity index is 1.58. The Morgan fingerprint density at radius 2 is 2.45 bits per heavy atom. The number of amides is 1. The minimum atomic E-state index is -0.175. The van der Waals surface area contributed by atoms with Crippen molar-refractivity contribution in [3.8, 4) is 0 Å². The lowest BCUT2D eigenvalue weighted by atomic mass is 10.0. The Morgan fingerprint density at radius 1 is 1.64 bits per heavy atom. The van der Waals surface area contributed by atoms with Gasteiger partial charge in [0.25, 0.3) is 0 Å². The Morgan fingerprint density at radius 3 is 3.23 bits per heavy atom. The van der Waals surface area contributed by atoms with Crippen molar-refractivity contribution < 1.29 is 9.53 Å². The first kappa shape index (κ1) is 15.6. The summed E-state index contributed by atoms with van der Waals surface area (Å²) in [5, 5.41) is 6.31. The highest BCUT2D eigenvalue weighted by Gasteiger charge is 2.61. The molecule has 6 heteroatoms. The fourth-order valence-electron chi connectivity index (χ4n) is 3.08. The maximum absolute atomic E-state index is 12.4. The van der Waals surface area contributed by atoms with Crippen LogP contribution in [0.5, 0.6) is 0 Å². The number of piperidine rings is 1. The van der Waals surface area contributed by atoms with Crippen molar-refractivity contribution in [2.45, 2.75) is 31.8 Å². The number of rotatable bonds is 6. The quantitative estimate of drug-likeness (QED) is 0.461. The summed E-state index contributed by atoms with van der Waals surface area (Å²) in [6.45, 7) is 6.83. The first-order valence-electron chi connectivity index (χ1n) is 7.43. The van der Waals surface area contributed by atoms with Gasteiger partial charge in [-0.2, -0.15) is 0 Å². The molecule has 0 radical (unpaired) electrons. The summed E-state index contributed by atoms with van der Waals surface area (Å²) in [6.07, 6.45) is 3.65. The van der Waals surface area contributed by atoms with Crippen molar-refractivity contribution in [1.82, 2.24) is 10.3 Å². The second-order valence-corrected chi connectivity index (χ2v) is 6.95. The predicted octanol–water partition coefficient (Wildman–Crippen LogP) is 2.41. The molecule has 2 fully saturated rings. The molecule has 3 atom stereocenters. The second-order valence-electron chi connectivity index (χ2n) is 6.13. The molecule has 0 unspecified atom stereocenters. The Labute approximate surface area is 138 Å². The molecule has 3 rings (SSSR count). The highest BCUT2D eigenvalue weighted by atomic mass is 79.9. The molecule has 1 aromatic heterocycles. The van der Waals surface area contributed by atoms with Gasteiger partial charge in [0.1, 0.15) is 10.4 Å². The van der Waals surface area contributed by atoms with Crippen LogP contribution in [0.3, 0.4) is 0 Å². The van der Waals surface area contributed by atoms with Crippen LogP contribution in [0.1, 0.15) is 18.4 Å². The molecule has 0 bridgehead atoms. The smallest absolute Gasteiger partial charge is 0.242 e. The van der Waals surface area contributed by atoms with Gasteiger partial charge in [-0.3, -0.25) is 4.79 Å². The Bertz CT molecular complexity index is 607. The van der Waals surface area contributed by atoms with E-state index in [4.69, 9.17) is 4.74 Å². The SMILES string of the molecule is C=CCOC[C@@]12C[C@@H](C(=O)Nc3nc(Br)ccc3C)N[C@@H]1C2. The van der Waals surface area contributed by atoms with Gasteiger partial charge >= 0.3 is 0 Å². The van der Waals surface area contributed by atoms with Crippen LogP contribution in [0.15, 0.2) is 29.4 Å². The monoisotopic (exact) mass is 365 g/mol. The zero-order valence-corrected chi connectivity index (χ0v) is 14.1. The molecule has 2 N–H and O–H groups in total. The van der Waals surface area contributed by atoms with E-state index >= 15 is 0 Å². The summed E-state index contributed by atoms with van der Waals surface area (Å²) in [4.78, 5) is 16.7. The van der Waals surface area contributed by atoms with Gasteiger partial charge in [0.05, 0.1) is 19.3 Å². The lowest BCUT2D eigenvalue weighted by molar-refractivity contribution is -0.118. The minimum Gasteiger partial charge on any atom is -0.377 e. The van der Waals surface area contributed by atoms with Crippen molar-refractivity contribution >= 4 is 27.7 Å². The third kappa shape index (κ3) is 3.09. The van der Waals surface area contributed by atoms with E-state index in [0.717, 1.165) is 18.4 Å². The van der Waals surface area contributed by atoms with Gasteiger partial charge in [-0.05, 0) is 47.3 Å². The number of fused-ring (bicyclic) bond motifs is 1. The number of carbonyl (C=O) groups excluding carboxylic acids is 1. The van der Waals surface area contributed by atoms with Crippen LogP contribution in [-0.4, -0.2) is 36.2 Å². The number of aromatic nitrogens is 1. The number of halogens is 1. The van der Waals surface area contributed by atoms with E-state index in [0.29, 0.717) is 29.7 Å². The zero-order chi connectivity index (χ0) is 15.7. The molecular weight excluding hydrogens is 346 g/mol. The number of ether oxygens (including phenoxy) is 1. The second kappa shape index (κ2) is 6.10. The number of nitrogens with one attached hydrogen (secondary N) is 2. The van der Waals surface area contributed by atoms with Crippen molar-refractivity contribution in [2.75, 3.05) is 18.5 Å². The van der Waals surface area contributed by atoms with Gasteiger partial charge in [-0.25, -0.2) is 4.98 Å². The molecule has 1 aliphatic carbocycles. The van der Waals surface area contributed by atoms with Crippen molar-refractivity contribution in [3.63, 3.8) is 0 Å². The van der Waals surface area contributed by atoms with Gasteiger partial charge in [0.2, 0.25) is 5.91 Å². The summed E-state index contributed by atoms with van der Waals surface area (Å²) in [5.41, 5.74) is 1.08. The molecule has 118 valence electrons. The fraction of sp³-hybridized carbons (Fsp3) is 0.500. The molecular formula is C16H20BrN3O2. The van der Waals surface area contributed by atoms with Crippen LogP contribution in [0.2, 0.25) is 0 Å². The maximum Gasteiger partial charge on any atom is 0.242 e. The van der Waals surface area contributed by atoms with Gasteiger partial charge in [0.15, 0.2) is 0 Å². The Hall–Kier alpha value is -1.24. The lowest BCUT2D eigenvalue weighted by Gasteiger charge is -2.16. The standard InChI is InChI=1S/C16H20BrN3O2/c1-3-6-22-9-16-7-11(18-12(16)8-16)15(21)20-14-10(2)4-5-13(17)19-14/h3-5,11-12,18H,1,6-9H2,2H3,(H,19,20,21)/t11-,12+,16-/m0/s1. The van der Waals surface area contributed by atoms with Crippen LogP contribution >= 0.6 is 15.9 Å². The van der Waals surface area contributed by atoms with E-state index in [1.807, 2.05) is 19.1 Å². The minimum absolute atomic E-state index is 0.0241. The van der Waals surface area contributed by atoms with Gasteiger partial charge in [-0.1, -0.05) is 12.1 Å². The summed E-state index contributed by atoms with van der Waals surface area (Å²) >= 11 is 3.33. The highest BCUT2D eigenvalue weighted by molar-refractivity contribution is 9.10. The predicted molar refractivity (Wildman–Crippen MR) is 88.7 cm³/mol. The summed E-state index contributed by atoms with van der Waals surface area (Å²) in [5.74, 6) is 0.586. The average molecular weight is 366 g/mol. The molecule has 1 saturated carbocycles. The van der Waals surface area contributed by atoms with E-state index in [1.165, 1.54) is 0 Å². The number of nitrogens with zero attached hydrogens (tertiary/aromatic N) is 1. The topological polar surface area (TPSA) is 63.2 Å². The summed E-state index contributed by atoms with van der Waals surface area (Å²) < 4.78 is 6.30. The van der Waals surface area contributed by atoms with Gasteiger partial charge in [0, 0.05) is 11.5 Å². The van der Waals surface area contributed by atoms with Crippen LogP contribution in [0.25, 0.3) is 0 Å². The average Bonchev–Trinajstić information content (AvgIpc) is 3.04. The molecule has 2 heterocycles. The van der Waals surface area contributed by atoms with E-state index in [2.05, 4.69) is 38.1 Å². The largest absolute Gasteiger partial charge is 0.377 e. The lowest BCUT2D eigenvalue weighted by Crippen LogP contribution is -2.38. The number of hydrogen-bond donors (Lipinski definition) is 2. The molecule has 2 aliphatic rings. The number of pyridine rings is 1. The summed E-state index contributed by atoms with van der Waals surface area (Å²) in [7, 11) is 0. The van der Waals surface area contributed by atoms with Crippen molar-refractivity contribution in [3.05, 3.63) is 35.0 Å². The molecule has 22 heavy (non-hydrogen) atoms. The van der Waals surface area contributed by atoms with Crippen LogP contribution in [0, 0.1) is 12.3 Å². The summed E-state index contributed by atoms with van der Waals surface area (Å²) in [6, 6.07) is 4.01. The molecule has 1 amide bonds. The number of aryl methyl sites for hydroxylation is 1. The van der Waals surface area contributed by atoms with Crippen LogP contribution in [-0.2, 0) is 9.53 Å². The molecule has 0 spiro atoms. The first-order chi connectivity index (χ1) is 10.5. The molecule has 1 aromatic rings. The number of hydrogen-bond acceptors (Lipinski definition) is 4. The van der Waals surface area contributed by atoms with Crippen molar-refractivity contribution in [1.29, 1.82) is 0 Å². The third-order valence-corrected chi connectivity index (χ3v) is 4.89. The first-order valence-corrected chi connectivity index (χ1v) is 8.22. The molecule has 1 saturated heterocycles. The molecule has 5 nitrogen and oxygen atoms in total. The van der Waals surface area contributed by atoms with E-state index < -0.39 is 0 Å². The van der Waals surface area contributed by atoms with E-state index in [1.54, 1.807) is 6.08 Å². The normalized spacial score (nSPS) is 29.0. The molecule has 1 aliphatic heterocycles. The zero-order valence-electron chi connectivity index (χ0n) is 12.6. The highest BCUT2D eigenvalue weighted by Crippen LogP contribution is 2.54. The van der Waals surface area contributed by atoms with Crippen LogP contribution < -0.4 is 10.6 Å². The number of carbonyl (C=O) groups is 1.